The molecule has 0 spiro atoms. The zero-order valence-electron chi connectivity index (χ0n) is 8.87. The van der Waals surface area contributed by atoms with E-state index >= 15 is 0 Å². The fourth-order valence-corrected chi connectivity index (χ4v) is 2.07. The molecule has 1 unspecified atom stereocenters. The van der Waals surface area contributed by atoms with Gasteiger partial charge in [-0.3, -0.25) is 4.79 Å². The number of halogens is 1. The molecule has 0 aromatic heterocycles. The Morgan fingerprint density at radius 2 is 2.25 bits per heavy atom. The van der Waals surface area contributed by atoms with Crippen LogP contribution in [0.4, 0.5) is 5.69 Å². The quantitative estimate of drug-likeness (QED) is 0.778. The van der Waals surface area contributed by atoms with Gasteiger partial charge >= 0.3 is 0 Å². The summed E-state index contributed by atoms with van der Waals surface area (Å²) in [7, 11) is 0. The number of anilines is 1. The highest BCUT2D eigenvalue weighted by atomic mass is 35.5. The first-order valence-corrected chi connectivity index (χ1v) is 5.91. The molecule has 1 heterocycles. The summed E-state index contributed by atoms with van der Waals surface area (Å²) in [5, 5.41) is 12.5. The third kappa shape index (κ3) is 2.36. The lowest BCUT2D eigenvalue weighted by Crippen LogP contribution is -2.09. The maximum atomic E-state index is 11.3. The van der Waals surface area contributed by atoms with Gasteiger partial charge in [-0.05, 0) is 30.0 Å². The van der Waals surface area contributed by atoms with Crippen molar-refractivity contribution < 1.29 is 9.90 Å². The van der Waals surface area contributed by atoms with Crippen LogP contribution in [-0.4, -0.2) is 16.9 Å². The predicted octanol–water partition coefficient (Wildman–Crippen LogP) is 2.23. The van der Waals surface area contributed by atoms with Crippen LogP contribution in [-0.2, 0) is 11.2 Å². The molecule has 0 fully saturated rings. The van der Waals surface area contributed by atoms with Crippen LogP contribution in [0, 0.1) is 0 Å². The van der Waals surface area contributed by atoms with E-state index in [-0.39, 0.29) is 11.8 Å². The van der Waals surface area contributed by atoms with Crippen LogP contribution in [0.25, 0.3) is 0 Å². The molecule has 1 aromatic carbocycles. The van der Waals surface area contributed by atoms with Crippen LogP contribution >= 0.6 is 11.6 Å². The second-order valence-electron chi connectivity index (χ2n) is 3.99. The Hall–Kier alpha value is -1.06. The number of hydrogen-bond acceptors (Lipinski definition) is 2. The first-order chi connectivity index (χ1) is 7.70. The molecule has 4 heteroatoms. The van der Waals surface area contributed by atoms with Crippen LogP contribution in [0.2, 0.25) is 0 Å². The van der Waals surface area contributed by atoms with E-state index in [1.807, 2.05) is 12.1 Å². The number of carbonyl (C=O) groups is 1. The lowest BCUT2D eigenvalue weighted by atomic mass is 10.0. The van der Waals surface area contributed by atoms with E-state index in [0.29, 0.717) is 6.42 Å². The van der Waals surface area contributed by atoms with E-state index in [1.54, 1.807) is 6.07 Å². The largest absolute Gasteiger partial charge is 0.387 e. The standard InChI is InChI=1S/C12H14ClNO2/c13-7-11(15)9-4-5-10-8(6-9)2-1-3-12(16)14-10/h4-6,11,15H,1-3,7H2,(H,14,16). The molecular weight excluding hydrogens is 226 g/mol. The maximum Gasteiger partial charge on any atom is 0.224 e. The Bertz CT molecular complexity index is 406. The summed E-state index contributed by atoms with van der Waals surface area (Å²) in [4.78, 5) is 11.3. The van der Waals surface area contributed by atoms with Crippen molar-refractivity contribution in [3.8, 4) is 0 Å². The molecule has 0 saturated carbocycles. The van der Waals surface area contributed by atoms with Crippen molar-refractivity contribution in [3.05, 3.63) is 29.3 Å². The molecule has 0 bridgehead atoms. The average Bonchev–Trinajstić information content (AvgIpc) is 2.47. The maximum absolute atomic E-state index is 11.3. The van der Waals surface area contributed by atoms with Gasteiger partial charge in [-0.1, -0.05) is 12.1 Å². The van der Waals surface area contributed by atoms with E-state index < -0.39 is 6.10 Å². The van der Waals surface area contributed by atoms with Crippen LogP contribution in [0.5, 0.6) is 0 Å². The van der Waals surface area contributed by atoms with Crippen LogP contribution < -0.4 is 5.32 Å². The van der Waals surface area contributed by atoms with Crippen molar-refractivity contribution in [3.63, 3.8) is 0 Å². The second-order valence-corrected chi connectivity index (χ2v) is 4.30. The van der Waals surface area contributed by atoms with Crippen molar-refractivity contribution in [2.75, 3.05) is 11.2 Å². The molecule has 1 atom stereocenters. The molecule has 86 valence electrons. The normalized spacial score (nSPS) is 17.2. The fraction of sp³-hybridized carbons (Fsp3) is 0.417. The average molecular weight is 240 g/mol. The molecule has 0 aliphatic carbocycles. The Morgan fingerprint density at radius 1 is 1.44 bits per heavy atom. The summed E-state index contributed by atoms with van der Waals surface area (Å²) < 4.78 is 0. The summed E-state index contributed by atoms with van der Waals surface area (Å²) in [5.41, 5.74) is 2.74. The molecule has 2 rings (SSSR count). The third-order valence-electron chi connectivity index (χ3n) is 2.78. The van der Waals surface area contributed by atoms with E-state index in [9.17, 15) is 9.90 Å². The zero-order chi connectivity index (χ0) is 11.5. The SMILES string of the molecule is O=C1CCCc2cc(C(O)CCl)ccc2N1. The highest BCUT2D eigenvalue weighted by molar-refractivity contribution is 6.18. The number of rotatable bonds is 2. The van der Waals surface area contributed by atoms with Crippen molar-refractivity contribution in [2.45, 2.75) is 25.4 Å². The van der Waals surface area contributed by atoms with E-state index in [2.05, 4.69) is 5.32 Å². The molecule has 16 heavy (non-hydrogen) atoms. The highest BCUT2D eigenvalue weighted by Crippen LogP contribution is 2.26. The van der Waals surface area contributed by atoms with Gasteiger partial charge in [0.2, 0.25) is 5.91 Å². The van der Waals surface area contributed by atoms with Gasteiger partial charge in [0.15, 0.2) is 0 Å². The number of amides is 1. The molecule has 1 aliphatic heterocycles. The molecule has 0 radical (unpaired) electrons. The van der Waals surface area contributed by atoms with Gasteiger partial charge in [-0.25, -0.2) is 0 Å². The van der Waals surface area contributed by atoms with E-state index in [1.165, 1.54) is 0 Å². The van der Waals surface area contributed by atoms with Crippen LogP contribution in [0.15, 0.2) is 18.2 Å². The summed E-state index contributed by atoms with van der Waals surface area (Å²) in [5.74, 6) is 0.245. The molecule has 2 N–H and O–H groups in total. The Labute approximate surface area is 99.4 Å². The Balaban J connectivity index is 2.31. The molecule has 0 saturated heterocycles. The predicted molar refractivity (Wildman–Crippen MR) is 63.7 cm³/mol. The molecule has 1 aliphatic rings. The Morgan fingerprint density at radius 3 is 3.00 bits per heavy atom. The van der Waals surface area contributed by atoms with Crippen molar-refractivity contribution in [1.29, 1.82) is 0 Å². The van der Waals surface area contributed by atoms with Gasteiger partial charge in [0.1, 0.15) is 0 Å². The number of benzene rings is 1. The number of aliphatic hydroxyl groups is 1. The summed E-state index contributed by atoms with van der Waals surface area (Å²) in [6.07, 6.45) is 1.63. The first-order valence-electron chi connectivity index (χ1n) is 5.37. The van der Waals surface area contributed by atoms with Gasteiger partial charge in [0.25, 0.3) is 0 Å². The van der Waals surface area contributed by atoms with Gasteiger partial charge in [0.05, 0.1) is 12.0 Å². The lowest BCUT2D eigenvalue weighted by Gasteiger charge is -2.12. The zero-order valence-corrected chi connectivity index (χ0v) is 9.63. The smallest absolute Gasteiger partial charge is 0.224 e. The van der Waals surface area contributed by atoms with Gasteiger partial charge < -0.3 is 10.4 Å². The fourth-order valence-electron chi connectivity index (χ4n) is 1.89. The van der Waals surface area contributed by atoms with Gasteiger partial charge in [0, 0.05) is 12.1 Å². The lowest BCUT2D eigenvalue weighted by molar-refractivity contribution is -0.116. The van der Waals surface area contributed by atoms with Crippen LogP contribution in [0.1, 0.15) is 30.1 Å². The van der Waals surface area contributed by atoms with Crippen molar-refractivity contribution >= 4 is 23.2 Å². The van der Waals surface area contributed by atoms with Gasteiger partial charge in [-0.2, -0.15) is 0 Å². The van der Waals surface area contributed by atoms with Crippen LogP contribution in [0.3, 0.4) is 0 Å². The van der Waals surface area contributed by atoms with Gasteiger partial charge in [-0.15, -0.1) is 11.6 Å². The Kier molecular flexibility index (Phi) is 3.46. The second kappa shape index (κ2) is 4.85. The number of nitrogens with one attached hydrogen (secondary N) is 1. The molecular formula is C12H14ClNO2. The summed E-state index contributed by atoms with van der Waals surface area (Å²) in [6, 6.07) is 5.56. The minimum atomic E-state index is -0.633. The highest BCUT2D eigenvalue weighted by Gasteiger charge is 2.14. The number of aryl methyl sites for hydroxylation is 1. The third-order valence-corrected chi connectivity index (χ3v) is 3.08. The van der Waals surface area contributed by atoms with Crippen molar-refractivity contribution in [2.24, 2.45) is 0 Å². The first kappa shape index (κ1) is 11.4. The number of alkyl halides is 1. The van der Waals surface area contributed by atoms with E-state index in [0.717, 1.165) is 29.7 Å². The number of aliphatic hydroxyl groups excluding tert-OH is 1. The van der Waals surface area contributed by atoms with E-state index in [4.69, 9.17) is 11.6 Å². The molecule has 1 aromatic rings. The number of hydrogen-bond donors (Lipinski definition) is 2. The minimum Gasteiger partial charge on any atom is -0.387 e. The minimum absolute atomic E-state index is 0.0596. The summed E-state index contributed by atoms with van der Waals surface area (Å²) in [6.45, 7) is 0. The topological polar surface area (TPSA) is 49.3 Å². The summed E-state index contributed by atoms with van der Waals surface area (Å²) >= 11 is 5.61. The number of fused-ring (bicyclic) bond motifs is 1. The molecule has 1 amide bonds. The number of carbonyl (C=O) groups excluding carboxylic acids is 1. The van der Waals surface area contributed by atoms with Crippen molar-refractivity contribution in [1.82, 2.24) is 0 Å². The monoisotopic (exact) mass is 239 g/mol. The molecule has 3 nitrogen and oxygen atoms in total.